The summed E-state index contributed by atoms with van der Waals surface area (Å²) in [5, 5.41) is 0. The minimum atomic E-state index is -4.64. The molecule has 162 valence electrons. The quantitative estimate of drug-likeness (QED) is 0.447. The maximum atomic E-state index is 13.2. The van der Waals surface area contributed by atoms with E-state index in [0.717, 1.165) is 11.1 Å². The second kappa shape index (κ2) is 9.59. The first-order valence-electron chi connectivity index (χ1n) is 9.29. The normalized spacial score (nSPS) is 15.4. The van der Waals surface area contributed by atoms with Gasteiger partial charge in [0.15, 0.2) is 0 Å². The Bertz CT molecular complexity index is 1010. The Morgan fingerprint density at radius 2 is 1.42 bits per heavy atom. The summed E-state index contributed by atoms with van der Waals surface area (Å²) in [6.45, 7) is 2.25. The fraction of sp³-hybridized carbons (Fsp3) is 0.174. The highest BCUT2D eigenvalue weighted by atomic mass is 19.4. The van der Waals surface area contributed by atoms with Crippen LogP contribution in [0.1, 0.15) is 12.5 Å². The van der Waals surface area contributed by atoms with E-state index in [2.05, 4.69) is 9.73 Å². The average molecular weight is 435 g/mol. The summed E-state index contributed by atoms with van der Waals surface area (Å²) in [5.41, 5.74) is 1.63. The van der Waals surface area contributed by atoms with Gasteiger partial charge in [0, 0.05) is 0 Å². The lowest BCUT2D eigenvalue weighted by Crippen LogP contribution is -2.16. The van der Waals surface area contributed by atoms with Crippen LogP contribution < -0.4 is 4.74 Å². The van der Waals surface area contributed by atoms with Crippen molar-refractivity contribution in [1.29, 1.82) is 0 Å². The molecule has 3 aromatic carbocycles. The summed E-state index contributed by atoms with van der Waals surface area (Å²) in [6, 6.07) is 18.9. The number of nitrogens with zero attached hydrogens (tertiary/aromatic N) is 1. The Morgan fingerprint density at radius 1 is 0.839 bits per heavy atom. The topological polar surface area (TPSA) is 30.8 Å². The Labute approximate surface area is 175 Å². The first kappa shape index (κ1) is 22.3. The lowest BCUT2D eigenvalue weighted by atomic mass is 10.1. The van der Waals surface area contributed by atoms with E-state index in [9.17, 15) is 22.0 Å². The number of hydrogen-bond acceptors (Lipinski definition) is 3. The molecule has 8 heteroatoms. The smallest absolute Gasteiger partial charge is 0.472 e. The molecule has 0 bridgehead atoms. The fourth-order valence-corrected chi connectivity index (χ4v) is 2.80. The van der Waals surface area contributed by atoms with E-state index in [1.807, 2.05) is 30.3 Å². The lowest BCUT2D eigenvalue weighted by molar-refractivity contribution is -0.274. The van der Waals surface area contributed by atoms with Gasteiger partial charge in [0.25, 0.3) is 0 Å². The minimum absolute atomic E-state index is 0.0631. The summed E-state index contributed by atoms with van der Waals surface area (Å²) >= 11 is 0. The van der Waals surface area contributed by atoms with Crippen LogP contribution in [-0.2, 0) is 4.74 Å². The van der Waals surface area contributed by atoms with Gasteiger partial charge >= 0.3 is 6.36 Å². The van der Waals surface area contributed by atoms with Gasteiger partial charge in [-0.2, -0.15) is 0 Å². The number of benzene rings is 3. The molecule has 0 N–H and O–H groups in total. The lowest BCUT2D eigenvalue weighted by Gasteiger charge is -2.09. The number of ether oxygens (including phenoxy) is 2. The van der Waals surface area contributed by atoms with Crippen molar-refractivity contribution in [1.82, 2.24) is 0 Å². The van der Waals surface area contributed by atoms with Crippen LogP contribution in [0.15, 0.2) is 77.8 Å². The first-order valence-corrected chi connectivity index (χ1v) is 9.29. The van der Waals surface area contributed by atoms with Gasteiger partial charge in [-0.05, 0) is 42.3 Å². The van der Waals surface area contributed by atoms with Crippen molar-refractivity contribution in [3.63, 3.8) is 0 Å². The molecule has 1 aliphatic rings. The summed E-state index contributed by atoms with van der Waals surface area (Å²) in [5.74, 6) is -1.43. The molecule has 0 saturated carbocycles. The van der Waals surface area contributed by atoms with Crippen LogP contribution in [0, 0.1) is 11.6 Å². The van der Waals surface area contributed by atoms with E-state index >= 15 is 0 Å². The van der Waals surface area contributed by atoms with Gasteiger partial charge in [-0.15, -0.1) is 13.2 Å². The van der Waals surface area contributed by atoms with Crippen LogP contribution in [0.5, 0.6) is 5.75 Å². The molecule has 0 fully saturated rings. The predicted molar refractivity (Wildman–Crippen MR) is 107 cm³/mol. The Balaban J connectivity index is 0.000000179. The molecular formula is C23H18F5NO2. The van der Waals surface area contributed by atoms with E-state index < -0.39 is 18.0 Å². The number of halogens is 5. The molecule has 4 rings (SSSR count). The molecule has 0 spiro atoms. The molecule has 0 amide bonds. The van der Waals surface area contributed by atoms with E-state index in [1.165, 1.54) is 30.3 Å². The van der Waals surface area contributed by atoms with Gasteiger partial charge in [0.05, 0.1) is 6.54 Å². The van der Waals surface area contributed by atoms with Crippen LogP contribution in [-0.4, -0.2) is 24.9 Å². The second-order valence-electron chi connectivity index (χ2n) is 6.61. The van der Waals surface area contributed by atoms with Crippen molar-refractivity contribution in [2.45, 2.75) is 19.4 Å². The fourth-order valence-electron chi connectivity index (χ4n) is 2.80. The Kier molecular flexibility index (Phi) is 6.89. The van der Waals surface area contributed by atoms with Crippen LogP contribution in [0.4, 0.5) is 22.0 Å². The summed E-state index contributed by atoms with van der Waals surface area (Å²) < 4.78 is 71.3. The van der Waals surface area contributed by atoms with Gasteiger partial charge in [0.1, 0.15) is 29.1 Å². The van der Waals surface area contributed by atoms with Crippen molar-refractivity contribution in [3.8, 4) is 16.9 Å². The zero-order chi connectivity index (χ0) is 22.4. The summed E-state index contributed by atoms with van der Waals surface area (Å²) in [4.78, 5) is 3.92. The van der Waals surface area contributed by atoms with Crippen molar-refractivity contribution in [2.75, 3.05) is 6.54 Å². The van der Waals surface area contributed by atoms with Gasteiger partial charge < -0.3 is 9.47 Å². The average Bonchev–Trinajstić information content (AvgIpc) is 3.14. The Hall–Kier alpha value is -3.42. The van der Waals surface area contributed by atoms with Crippen LogP contribution in [0.3, 0.4) is 0 Å². The van der Waals surface area contributed by atoms with Crippen molar-refractivity contribution >= 4 is 5.90 Å². The number of alkyl halides is 3. The monoisotopic (exact) mass is 435 g/mol. The third-order valence-corrected chi connectivity index (χ3v) is 4.18. The third-order valence-electron chi connectivity index (χ3n) is 4.18. The number of hydrogen-bond donors (Lipinski definition) is 0. The molecule has 0 radical (unpaired) electrons. The highest BCUT2D eigenvalue weighted by Gasteiger charge is 2.31. The van der Waals surface area contributed by atoms with Crippen molar-refractivity contribution in [3.05, 3.63) is 90.0 Å². The highest BCUT2D eigenvalue weighted by Crippen LogP contribution is 2.26. The van der Waals surface area contributed by atoms with Gasteiger partial charge in [-0.3, -0.25) is 0 Å². The third kappa shape index (κ3) is 6.28. The van der Waals surface area contributed by atoms with Crippen LogP contribution >= 0.6 is 0 Å². The molecular weight excluding hydrogens is 417 g/mol. The van der Waals surface area contributed by atoms with Gasteiger partial charge in [-0.1, -0.05) is 48.5 Å². The van der Waals surface area contributed by atoms with Gasteiger partial charge in [0.2, 0.25) is 5.90 Å². The SMILES string of the molecule is CC1CN=C(c2c(F)cccc2F)O1.FC(F)(F)Oc1ccc(-c2ccccc2)cc1. The molecule has 31 heavy (non-hydrogen) atoms. The van der Waals surface area contributed by atoms with E-state index in [0.29, 0.717) is 6.54 Å². The molecule has 1 aliphatic heterocycles. The predicted octanol–water partition coefficient (Wildman–Crippen LogP) is 6.38. The molecule has 3 aromatic rings. The first-order chi connectivity index (χ1) is 14.7. The zero-order valence-electron chi connectivity index (χ0n) is 16.4. The maximum Gasteiger partial charge on any atom is 0.573 e. The van der Waals surface area contributed by atoms with Crippen LogP contribution in [0.2, 0.25) is 0 Å². The maximum absolute atomic E-state index is 13.2. The van der Waals surface area contributed by atoms with Gasteiger partial charge in [-0.25, -0.2) is 13.8 Å². The molecule has 1 heterocycles. The standard InChI is InChI=1S/C13H9F3O.C10H9F2NO/c14-13(15,16)17-12-8-6-11(7-9-12)10-4-2-1-3-5-10;1-6-5-13-10(14-6)9-7(11)3-2-4-8(9)12/h1-9H;2-4,6H,5H2,1H3. The van der Waals surface area contributed by atoms with Crippen molar-refractivity contribution < 1.29 is 31.4 Å². The molecule has 1 unspecified atom stereocenters. The minimum Gasteiger partial charge on any atom is -0.472 e. The molecule has 0 aliphatic carbocycles. The molecule has 1 atom stereocenters. The largest absolute Gasteiger partial charge is 0.573 e. The number of rotatable bonds is 3. The number of aliphatic imine (C=N–C) groups is 1. The van der Waals surface area contributed by atoms with E-state index in [1.54, 1.807) is 19.1 Å². The molecule has 0 aromatic heterocycles. The van der Waals surface area contributed by atoms with E-state index in [4.69, 9.17) is 4.74 Å². The molecule has 3 nitrogen and oxygen atoms in total. The van der Waals surface area contributed by atoms with E-state index in [-0.39, 0.29) is 23.3 Å². The van der Waals surface area contributed by atoms with Crippen LogP contribution in [0.25, 0.3) is 11.1 Å². The summed E-state index contributed by atoms with van der Waals surface area (Å²) in [7, 11) is 0. The highest BCUT2D eigenvalue weighted by molar-refractivity contribution is 5.95. The molecule has 0 saturated heterocycles. The Morgan fingerprint density at radius 3 is 1.94 bits per heavy atom. The van der Waals surface area contributed by atoms with Crippen molar-refractivity contribution in [2.24, 2.45) is 4.99 Å². The second-order valence-corrected chi connectivity index (χ2v) is 6.61. The zero-order valence-corrected chi connectivity index (χ0v) is 16.4. The summed E-state index contributed by atoms with van der Waals surface area (Å²) in [6.07, 6.45) is -4.75.